The molecule has 0 bridgehead atoms. The first-order chi connectivity index (χ1) is 66.4. The molecule has 0 aromatic carbocycles. The second-order valence-corrected chi connectivity index (χ2v) is 51.0. The Bertz CT molecular complexity index is 4550. The molecule has 0 aromatic heterocycles. The molecular weight excluding hydrogens is 1740 g/mol. The van der Waals surface area contributed by atoms with Crippen LogP contribution in [-0.2, 0) is 42.8 Å². The van der Waals surface area contributed by atoms with Crippen molar-refractivity contribution >= 4 is 42.3 Å². The molecule has 4 amide bonds. The number of cyclic esters (lactones) is 3. The van der Waals surface area contributed by atoms with Crippen molar-refractivity contribution in [1.29, 1.82) is 0 Å². The Morgan fingerprint density at radius 2 is 0.833 bits per heavy atom. The van der Waals surface area contributed by atoms with E-state index in [1.165, 1.54) is 64.2 Å². The quantitative estimate of drug-likeness (QED) is 0.0582. The van der Waals surface area contributed by atoms with Gasteiger partial charge in [-0.25, -0.2) is 33.6 Å². The number of nitrogens with one attached hydrogen (secondary N) is 2. The van der Waals surface area contributed by atoms with Gasteiger partial charge in [-0.2, -0.15) is 0 Å². The highest BCUT2D eigenvalue weighted by Crippen LogP contribution is 2.75. The van der Waals surface area contributed by atoms with Crippen molar-refractivity contribution in [2.24, 2.45) is 139 Å². The molecule has 138 heavy (non-hydrogen) atoms. The topological polar surface area (TPSA) is 303 Å². The smallest absolute Gasteiger partial charge is 0.410 e. The van der Waals surface area contributed by atoms with E-state index in [1.807, 2.05) is 9.80 Å². The van der Waals surface area contributed by atoms with Gasteiger partial charge in [-0.05, 0) is 384 Å². The van der Waals surface area contributed by atoms with Gasteiger partial charge in [-0.1, -0.05) is 54.4 Å². The number of aliphatic hydroxyl groups is 2. The van der Waals surface area contributed by atoms with Gasteiger partial charge in [0.05, 0.1) is 24.4 Å². The van der Waals surface area contributed by atoms with Crippen molar-refractivity contribution in [3.8, 4) is 0 Å². The summed E-state index contributed by atoms with van der Waals surface area (Å²) in [7, 11) is 0. The van der Waals surface area contributed by atoms with Crippen LogP contribution in [0.15, 0.2) is 34.9 Å². The van der Waals surface area contributed by atoms with E-state index < -0.39 is 29.0 Å². The molecule has 26 nitrogen and oxygen atoms in total. The highest BCUT2D eigenvalue weighted by molar-refractivity contribution is 5.86. The van der Waals surface area contributed by atoms with Gasteiger partial charge in [0.25, 0.3) is 0 Å². The van der Waals surface area contributed by atoms with E-state index in [4.69, 9.17) is 28.4 Å². The number of hydrogen-bond donors (Lipinski definition) is 6. The summed E-state index contributed by atoms with van der Waals surface area (Å²) in [6, 6.07) is 0.438. The number of carbonyl (C=O) groups excluding carboxylic acids is 5. The van der Waals surface area contributed by atoms with Gasteiger partial charge in [0, 0.05) is 163 Å². The van der Waals surface area contributed by atoms with Crippen LogP contribution in [-0.4, -0.2) is 289 Å². The van der Waals surface area contributed by atoms with Gasteiger partial charge in [0.1, 0.15) is 31.5 Å². The van der Waals surface area contributed by atoms with Crippen molar-refractivity contribution in [2.75, 3.05) is 151 Å². The molecule has 20 fully saturated rings. The molecule has 7 heterocycles. The fourth-order valence-electron chi connectivity index (χ4n) is 38.8. The van der Waals surface area contributed by atoms with E-state index >= 15 is 4.79 Å². The van der Waals surface area contributed by atoms with Gasteiger partial charge in [-0.15, -0.1) is 0 Å². The lowest BCUT2D eigenvalue weighted by atomic mass is 9.43. The number of piperazine rings is 2. The maximum Gasteiger partial charge on any atom is 0.410 e. The lowest BCUT2D eigenvalue weighted by Crippen LogP contribution is -2.65. The van der Waals surface area contributed by atoms with Crippen LogP contribution in [0.5, 0.6) is 0 Å². The minimum absolute atomic E-state index is 0.0460. The molecule has 16 aliphatic carbocycles. The van der Waals surface area contributed by atoms with E-state index in [0.717, 1.165) is 337 Å². The standard InChI is InChI=1S/C58H87N5O9.C30H46N2O6.C24H40N2O2/c1-53-15-9-41(33-39(53)5-7-47-45(53)11-17-55(3)43(13-19-57(47,55)68)37-31-49(64)69-35-37)63(30-29-61-25-21-59-22-26-61)52(67)72-58-20-14-44(38-32-50(65)70-36-38)56(58,4)18-12-46-48(58)8-6-40-34-42(10-16-54(40,46)2)71-51(66)62-27-23-60-24-28-62;1-28-8-5-22(32(27(34)35)12-11-31-13-15-37-16-14-31)18-21(28)3-4-25-24(28)6-9-29(2)23(7-10-30(25,29)36)20-17-26(33)38-19-20;27-24(28)26(15-14-25-12-1-2-13-25)19-8-11-21-18(16-19)7-10-22-20-5-3-4-17(20)6-9-23(21)22/h31-32,39-48,59-60,68H,5-30,33-36H2,1-4H3;17,21-25,36H,3-16,18-19H2,1-2H3,(H,34,35);17-23H,1-16H2,(H,27,28)/t;;17-,18-,19+,20+,21+,22-,23+/m..1/s1. The molecule has 0 aromatic rings. The molecule has 31 atom stereocenters. The minimum Gasteiger partial charge on any atom is -0.465 e. The molecule has 6 N–H and O–H groups in total. The first kappa shape index (κ1) is 98.4. The van der Waals surface area contributed by atoms with E-state index in [9.17, 15) is 49.2 Å². The second-order valence-electron chi connectivity index (χ2n) is 51.0. The van der Waals surface area contributed by atoms with Crippen LogP contribution >= 0.6 is 0 Å². The Labute approximate surface area is 822 Å². The number of morpholine rings is 1. The monoisotopic (exact) mass is 1920 g/mol. The number of carboxylic acid groups (broad SMARTS) is 2. The van der Waals surface area contributed by atoms with Gasteiger partial charge in [0.15, 0.2) is 0 Å². The number of nitrogens with zero attached hydrogens (tertiary/aromatic N) is 7. The highest BCUT2D eigenvalue weighted by atomic mass is 16.6. The van der Waals surface area contributed by atoms with Crippen LogP contribution in [0.1, 0.15) is 292 Å². The molecule has 768 valence electrons. The molecule has 26 heteroatoms. The fraction of sp³-hybridized carbons (Fsp3) is 0.884. The maximum absolute atomic E-state index is 15.9. The lowest BCUT2D eigenvalue weighted by molar-refractivity contribution is -0.214. The normalized spacial score (nSPS) is 45.6. The van der Waals surface area contributed by atoms with Crippen molar-refractivity contribution in [2.45, 2.75) is 333 Å². The van der Waals surface area contributed by atoms with Gasteiger partial charge >= 0.3 is 42.3 Å². The Hall–Kier alpha value is -5.61. The van der Waals surface area contributed by atoms with Crippen LogP contribution < -0.4 is 10.6 Å². The summed E-state index contributed by atoms with van der Waals surface area (Å²) in [4.78, 5) is 105. The van der Waals surface area contributed by atoms with E-state index in [0.29, 0.717) is 88.1 Å². The first-order valence-corrected chi connectivity index (χ1v) is 56.6. The Morgan fingerprint density at radius 1 is 0.399 bits per heavy atom. The van der Waals surface area contributed by atoms with Crippen molar-refractivity contribution in [1.82, 2.24) is 44.9 Å². The fourth-order valence-corrected chi connectivity index (χ4v) is 38.8. The summed E-state index contributed by atoms with van der Waals surface area (Å²) >= 11 is 0. The number of carbonyl (C=O) groups is 7. The van der Waals surface area contributed by atoms with Gasteiger partial charge < -0.3 is 84.0 Å². The molecule has 23 aliphatic rings. The zero-order valence-corrected chi connectivity index (χ0v) is 85.0. The first-order valence-electron chi connectivity index (χ1n) is 56.6. The summed E-state index contributed by atoms with van der Waals surface area (Å²) in [5, 5.41) is 52.3. The van der Waals surface area contributed by atoms with E-state index in [-0.39, 0.29) is 122 Å². The summed E-state index contributed by atoms with van der Waals surface area (Å²) in [6.45, 7) is 32.4. The Kier molecular flexibility index (Phi) is 28.0. The number of hydrogen-bond acceptors (Lipinski definition) is 20. The molecule has 16 saturated carbocycles. The van der Waals surface area contributed by atoms with Crippen LogP contribution in [0.4, 0.5) is 19.2 Å². The maximum atomic E-state index is 15.9. The Morgan fingerprint density at radius 3 is 1.36 bits per heavy atom. The number of ether oxygens (including phenoxy) is 6. The highest BCUT2D eigenvalue weighted by Gasteiger charge is 2.74. The van der Waals surface area contributed by atoms with Crippen molar-refractivity contribution < 1.29 is 82.4 Å². The average molecular weight is 1920 g/mol. The zero-order chi connectivity index (χ0) is 95.6. The van der Waals surface area contributed by atoms with Gasteiger partial charge in [0.2, 0.25) is 0 Å². The number of fused-ring (bicyclic) bond motifs is 20. The third kappa shape index (κ3) is 17.5. The number of rotatable bonds is 17. The third-order valence-electron chi connectivity index (χ3n) is 46.4. The minimum atomic E-state index is -0.788. The molecule has 24 unspecified atom stereocenters. The van der Waals surface area contributed by atoms with Crippen LogP contribution in [0.25, 0.3) is 0 Å². The number of likely N-dealkylation sites (tertiary alicyclic amines) is 1. The van der Waals surface area contributed by atoms with E-state index in [2.05, 4.69) is 71.8 Å². The van der Waals surface area contributed by atoms with Crippen LogP contribution in [0, 0.1) is 139 Å². The average Bonchev–Trinajstić information content (AvgIpc) is 1.50. The summed E-state index contributed by atoms with van der Waals surface area (Å²) in [6.07, 6.45) is 45.7. The SMILES string of the molecule is CC12CCC(N(CCN3CCNCC3)C(=O)OC34CCC(C5=CC(=O)OC5)C3(C)CCC3C4CCC4CC(OC(=O)N5CCNCC5)CCC43C)CC1CCC1C2CCC2(C)C(C3=CC(=O)OC3)CCC12O.CC12CCC(N(CCN3CCOCC3)C(=O)O)CC1CCC1C2CCC2(C)C(C3=CC(=O)OC3)CCC12O.O=C(O)N(CCN1CCCC1)[C@H]1CC[C@H]2[C@H](CC[C@H]3[C@H]2CC[C@H]2CCC[C@@H]23)C1. The van der Waals surface area contributed by atoms with Crippen molar-refractivity contribution in [3.05, 3.63) is 34.9 Å². The molecular formula is C112H173N9O17. The third-order valence-corrected chi connectivity index (χ3v) is 46.4. The Balaban J connectivity index is 0.000000142. The molecule has 7 aliphatic heterocycles. The zero-order valence-electron chi connectivity index (χ0n) is 85.0. The number of amides is 4. The van der Waals surface area contributed by atoms with Crippen molar-refractivity contribution in [3.63, 3.8) is 0 Å². The molecule has 0 spiro atoms. The van der Waals surface area contributed by atoms with E-state index in [1.54, 1.807) is 23.1 Å². The lowest BCUT2D eigenvalue weighted by Gasteiger charge is -2.65. The molecule has 0 radical (unpaired) electrons. The van der Waals surface area contributed by atoms with Gasteiger partial charge in [-0.3, -0.25) is 9.80 Å². The summed E-state index contributed by atoms with van der Waals surface area (Å²) < 4.78 is 35.6. The number of esters is 3. The summed E-state index contributed by atoms with van der Waals surface area (Å²) in [5.41, 5.74) is 0.525. The van der Waals surface area contributed by atoms with Crippen LogP contribution in [0.3, 0.4) is 0 Å². The van der Waals surface area contributed by atoms with Crippen LogP contribution in [0.2, 0.25) is 0 Å². The predicted molar refractivity (Wildman–Crippen MR) is 523 cm³/mol. The summed E-state index contributed by atoms with van der Waals surface area (Å²) in [5.74, 6) is 8.95. The predicted octanol–water partition coefficient (Wildman–Crippen LogP) is 16.6. The largest absolute Gasteiger partial charge is 0.465 e. The molecule has 4 saturated heterocycles. The second kappa shape index (κ2) is 39.3. The molecule has 23 rings (SSSR count).